The van der Waals surface area contributed by atoms with E-state index in [1.807, 2.05) is 0 Å². The van der Waals surface area contributed by atoms with E-state index in [4.69, 9.17) is 0 Å². The molecule has 0 radical (unpaired) electrons. The number of halogens is 2. The van der Waals surface area contributed by atoms with Crippen LogP contribution < -0.4 is 0 Å². The van der Waals surface area contributed by atoms with Crippen LogP contribution in [0, 0.1) is 0 Å². The Labute approximate surface area is 138 Å². The summed E-state index contributed by atoms with van der Waals surface area (Å²) >= 11 is -3.47. The molecule has 0 rings (SSSR count). The van der Waals surface area contributed by atoms with Crippen LogP contribution in [0.15, 0.2) is 9.67 Å². The standard InChI is InChI=1S/C5H5F2O2.3C4H9.Sn/c1-2-9-5(8)4(7)3-6;3*1-3-4-2;/h2H2,1H3;3*1,3-4H2,2H3;. The molecule has 0 atom stereocenters. The van der Waals surface area contributed by atoms with E-state index in [-0.39, 0.29) is 6.61 Å². The zero-order valence-electron chi connectivity index (χ0n) is 14.6. The molecule has 0 saturated heterocycles. The fourth-order valence-corrected chi connectivity index (χ4v) is 17.2. The molecular formula is C17H32F2O2Sn. The van der Waals surface area contributed by atoms with Gasteiger partial charge >= 0.3 is 138 Å². The summed E-state index contributed by atoms with van der Waals surface area (Å²) in [6.45, 7) is 7.88. The van der Waals surface area contributed by atoms with Gasteiger partial charge in [-0.2, -0.15) is 0 Å². The first-order valence-corrected chi connectivity index (χ1v) is 16.2. The summed E-state index contributed by atoms with van der Waals surface area (Å²) in [6.07, 6.45) is 5.70. The fraction of sp³-hybridized carbons (Fsp3) is 0.824. The van der Waals surface area contributed by atoms with Crippen molar-refractivity contribution in [2.75, 3.05) is 6.61 Å². The van der Waals surface area contributed by atoms with Gasteiger partial charge in [0.15, 0.2) is 0 Å². The van der Waals surface area contributed by atoms with E-state index in [1.54, 1.807) is 6.92 Å². The molecule has 0 heterocycles. The first-order chi connectivity index (χ1) is 10.5. The van der Waals surface area contributed by atoms with Crippen molar-refractivity contribution in [3.63, 3.8) is 0 Å². The first kappa shape index (κ1) is 21.9. The molecule has 2 nitrogen and oxygen atoms in total. The van der Waals surface area contributed by atoms with E-state index < -0.39 is 34.0 Å². The van der Waals surface area contributed by atoms with Crippen molar-refractivity contribution >= 4 is 24.3 Å². The van der Waals surface area contributed by atoms with Gasteiger partial charge in [-0.15, -0.1) is 0 Å². The van der Waals surface area contributed by atoms with Crippen LogP contribution in [0.3, 0.4) is 0 Å². The molecule has 0 saturated carbocycles. The quantitative estimate of drug-likeness (QED) is 0.215. The Morgan fingerprint density at radius 1 is 0.864 bits per heavy atom. The van der Waals surface area contributed by atoms with Gasteiger partial charge in [0.05, 0.1) is 0 Å². The zero-order valence-corrected chi connectivity index (χ0v) is 17.5. The number of carbonyl (C=O) groups is 1. The average Bonchev–Trinajstić information content (AvgIpc) is 2.53. The molecule has 0 aromatic rings. The number of hydrogen-bond acceptors (Lipinski definition) is 2. The molecule has 0 unspecified atom stereocenters. The van der Waals surface area contributed by atoms with Gasteiger partial charge in [0.25, 0.3) is 0 Å². The predicted molar refractivity (Wildman–Crippen MR) is 90.8 cm³/mol. The Kier molecular flexibility index (Phi) is 12.2. The van der Waals surface area contributed by atoms with Crippen molar-refractivity contribution in [2.45, 2.75) is 79.5 Å². The summed E-state index contributed by atoms with van der Waals surface area (Å²) in [6, 6.07) is 0. The van der Waals surface area contributed by atoms with Crippen molar-refractivity contribution in [1.82, 2.24) is 0 Å². The number of ether oxygens (including phenoxy) is 1. The van der Waals surface area contributed by atoms with E-state index in [1.165, 1.54) is 0 Å². The van der Waals surface area contributed by atoms with Gasteiger partial charge in [-0.3, -0.25) is 0 Å². The van der Waals surface area contributed by atoms with Crippen molar-refractivity contribution < 1.29 is 18.3 Å². The molecule has 0 aromatic heterocycles. The molecule has 0 aromatic carbocycles. The van der Waals surface area contributed by atoms with E-state index in [9.17, 15) is 13.6 Å². The van der Waals surface area contributed by atoms with Crippen LogP contribution in [-0.2, 0) is 9.53 Å². The summed E-state index contributed by atoms with van der Waals surface area (Å²) in [4.78, 5) is 11.6. The first-order valence-electron chi connectivity index (χ1n) is 8.71. The minimum absolute atomic E-state index is 0.0704. The van der Waals surface area contributed by atoms with Crippen molar-refractivity contribution in [3.05, 3.63) is 9.67 Å². The average molecular weight is 425 g/mol. The summed E-state index contributed by atoms with van der Waals surface area (Å²) < 4.78 is 35.6. The van der Waals surface area contributed by atoms with Crippen LogP contribution in [0.2, 0.25) is 13.3 Å². The Bertz CT molecular complexity index is 335. The van der Waals surface area contributed by atoms with E-state index in [0.717, 1.165) is 51.8 Å². The minimum atomic E-state index is -3.47. The molecule has 0 amide bonds. The summed E-state index contributed by atoms with van der Waals surface area (Å²) in [5.41, 5.74) is 0. The fourth-order valence-electron chi connectivity index (χ4n) is 2.77. The van der Waals surface area contributed by atoms with E-state index in [2.05, 4.69) is 25.5 Å². The van der Waals surface area contributed by atoms with Gasteiger partial charge in [0, 0.05) is 0 Å². The van der Waals surface area contributed by atoms with Crippen LogP contribution in [0.5, 0.6) is 0 Å². The number of esters is 1. The van der Waals surface area contributed by atoms with Gasteiger partial charge in [-0.05, 0) is 0 Å². The Morgan fingerprint density at radius 2 is 1.27 bits per heavy atom. The maximum absolute atomic E-state index is 15.0. The predicted octanol–water partition coefficient (Wildman–Crippen LogP) is 6.09. The summed E-state index contributed by atoms with van der Waals surface area (Å²) in [5.74, 6) is -2.36. The van der Waals surface area contributed by atoms with Gasteiger partial charge in [-0.1, -0.05) is 0 Å². The van der Waals surface area contributed by atoms with Crippen molar-refractivity contribution in [3.8, 4) is 0 Å². The van der Waals surface area contributed by atoms with Crippen LogP contribution >= 0.6 is 0 Å². The van der Waals surface area contributed by atoms with Gasteiger partial charge in [0.1, 0.15) is 0 Å². The monoisotopic (exact) mass is 426 g/mol. The Balaban J connectivity index is 5.53. The Morgan fingerprint density at radius 3 is 1.59 bits per heavy atom. The second kappa shape index (κ2) is 12.3. The molecule has 0 bridgehead atoms. The number of unbranched alkanes of at least 4 members (excludes halogenated alkanes) is 3. The van der Waals surface area contributed by atoms with Crippen LogP contribution in [0.1, 0.15) is 66.2 Å². The van der Waals surface area contributed by atoms with Gasteiger partial charge < -0.3 is 0 Å². The number of rotatable bonds is 12. The van der Waals surface area contributed by atoms with Crippen LogP contribution in [0.4, 0.5) is 8.78 Å². The molecule has 0 fully saturated rings. The third kappa shape index (κ3) is 6.97. The third-order valence-corrected chi connectivity index (χ3v) is 18.6. The molecule has 0 spiro atoms. The molecule has 130 valence electrons. The number of carbonyl (C=O) groups excluding carboxylic acids is 1. The van der Waals surface area contributed by atoms with Crippen molar-refractivity contribution in [2.24, 2.45) is 0 Å². The van der Waals surface area contributed by atoms with Crippen LogP contribution in [0.25, 0.3) is 0 Å². The topological polar surface area (TPSA) is 26.3 Å². The Hall–Kier alpha value is -0.131. The normalized spacial score (nSPS) is 13.0. The zero-order chi connectivity index (χ0) is 17.0. The molecule has 0 N–H and O–H groups in total. The van der Waals surface area contributed by atoms with Gasteiger partial charge in [0.2, 0.25) is 0 Å². The van der Waals surface area contributed by atoms with Crippen molar-refractivity contribution in [1.29, 1.82) is 0 Å². The van der Waals surface area contributed by atoms with Gasteiger partial charge in [-0.25, -0.2) is 0 Å². The molecule has 5 heteroatoms. The third-order valence-electron chi connectivity index (χ3n) is 4.14. The molecule has 0 aliphatic heterocycles. The van der Waals surface area contributed by atoms with Crippen LogP contribution in [-0.4, -0.2) is 31.0 Å². The summed E-state index contributed by atoms with van der Waals surface area (Å²) in [7, 11) is 0. The van der Waals surface area contributed by atoms with E-state index in [0.29, 0.717) is 0 Å². The molecule has 22 heavy (non-hydrogen) atoms. The second-order valence-electron chi connectivity index (χ2n) is 5.94. The number of hydrogen-bond donors (Lipinski definition) is 0. The molecule has 0 aliphatic carbocycles. The van der Waals surface area contributed by atoms with E-state index >= 15 is 0 Å². The molecule has 0 aliphatic rings. The summed E-state index contributed by atoms with van der Waals surface area (Å²) in [5, 5.41) is 0. The SMILES string of the molecule is CCC[CH2][Sn]([CH2]CCC)([CH2]CCC)/[C](F)=C(/F)C(=O)OCC. The second-order valence-corrected chi connectivity index (χ2v) is 18.8. The maximum atomic E-state index is 15.0. The molecular weight excluding hydrogens is 393 g/mol.